The summed E-state index contributed by atoms with van der Waals surface area (Å²) in [6, 6.07) is 9.25. The van der Waals surface area contributed by atoms with Gasteiger partial charge >= 0.3 is 6.09 Å². The normalized spacial score (nSPS) is 15.1. The number of nitrogens with zero attached hydrogens (tertiary/aromatic N) is 2. The van der Waals surface area contributed by atoms with Gasteiger partial charge in [-0.25, -0.2) is 9.68 Å². The highest BCUT2D eigenvalue weighted by Gasteiger charge is 2.19. The maximum atomic E-state index is 11.9. The minimum absolute atomic E-state index is 0.425. The zero-order valence-electron chi connectivity index (χ0n) is 11.1. The minimum atomic E-state index is -0.425. The van der Waals surface area contributed by atoms with Crippen LogP contribution in [0.1, 0.15) is 19.3 Å². The molecule has 2 aromatic rings. The summed E-state index contributed by atoms with van der Waals surface area (Å²) in [5.74, 6) is 0.501. The Labute approximate surface area is 117 Å². The highest BCUT2D eigenvalue weighted by Crippen LogP contribution is 2.23. The number of hydrogen-bond donors (Lipinski definition) is 0. The quantitative estimate of drug-likeness (QED) is 0.622. The maximum absolute atomic E-state index is 11.9. The molecule has 1 amide bonds. The van der Waals surface area contributed by atoms with Crippen molar-refractivity contribution in [1.82, 2.24) is 9.88 Å². The van der Waals surface area contributed by atoms with E-state index in [1.54, 1.807) is 17.2 Å². The van der Waals surface area contributed by atoms with Crippen molar-refractivity contribution >= 4 is 17.0 Å². The lowest BCUT2D eigenvalue weighted by atomic mass is 10.1. The van der Waals surface area contributed by atoms with Gasteiger partial charge in [0.05, 0.1) is 5.52 Å². The number of para-hydroxylation sites is 1. The van der Waals surface area contributed by atoms with Crippen LogP contribution in [0.2, 0.25) is 0 Å². The Bertz CT molecular complexity index is 604. The molecular weight excluding hydrogens is 256 g/mol. The second-order valence-corrected chi connectivity index (χ2v) is 4.81. The fraction of sp³-hybridized carbons (Fsp3) is 0.333. The molecule has 5 heteroatoms. The van der Waals surface area contributed by atoms with Gasteiger partial charge < -0.3 is 4.90 Å². The molecule has 0 unspecified atom stereocenters. The van der Waals surface area contributed by atoms with Crippen molar-refractivity contribution in [2.45, 2.75) is 19.3 Å². The lowest BCUT2D eigenvalue weighted by Gasteiger charge is -2.24. The molecule has 0 atom stereocenters. The second-order valence-electron chi connectivity index (χ2n) is 4.81. The van der Waals surface area contributed by atoms with Crippen LogP contribution in [0.25, 0.3) is 10.9 Å². The number of fused-ring (bicyclic) bond motifs is 1. The standard InChI is InChI=1S/C15H16N2O3/c18-15(17-10-4-1-5-11-17)20-19-14-8-9-16-13-7-3-2-6-12(13)14/h2-3,6-9H,1,4-5,10-11H2. The summed E-state index contributed by atoms with van der Waals surface area (Å²) in [5, 5.41) is 0.821. The largest absolute Gasteiger partial charge is 0.452 e. The minimum Gasteiger partial charge on any atom is -0.305 e. The van der Waals surface area contributed by atoms with Crippen LogP contribution < -0.4 is 4.89 Å². The molecule has 2 heterocycles. The molecular formula is C15H16N2O3. The number of likely N-dealkylation sites (tertiary alicyclic amines) is 1. The molecule has 0 spiro atoms. The third-order valence-electron chi connectivity index (χ3n) is 3.43. The molecule has 0 N–H and O–H groups in total. The summed E-state index contributed by atoms with van der Waals surface area (Å²) in [6.07, 6.45) is 4.41. The number of benzene rings is 1. The van der Waals surface area contributed by atoms with Gasteiger partial charge in [0.2, 0.25) is 0 Å². The molecule has 0 saturated carbocycles. The predicted molar refractivity (Wildman–Crippen MR) is 74.3 cm³/mol. The Kier molecular flexibility index (Phi) is 3.67. The fourth-order valence-corrected chi connectivity index (χ4v) is 2.35. The van der Waals surface area contributed by atoms with Crippen LogP contribution in [0.3, 0.4) is 0 Å². The van der Waals surface area contributed by atoms with Crippen molar-refractivity contribution in [3.05, 3.63) is 36.5 Å². The molecule has 1 fully saturated rings. The Morgan fingerprint density at radius 3 is 2.75 bits per heavy atom. The Morgan fingerprint density at radius 2 is 1.90 bits per heavy atom. The number of rotatable bonds is 2. The number of amides is 1. The van der Waals surface area contributed by atoms with Gasteiger partial charge in [0, 0.05) is 30.7 Å². The summed E-state index contributed by atoms with van der Waals surface area (Å²) in [4.78, 5) is 27.9. The van der Waals surface area contributed by atoms with E-state index in [0.717, 1.165) is 36.8 Å². The van der Waals surface area contributed by atoms with E-state index in [1.807, 2.05) is 24.3 Å². The van der Waals surface area contributed by atoms with Gasteiger partial charge in [0.1, 0.15) is 0 Å². The SMILES string of the molecule is O=C(OOc1ccnc2ccccc12)N1CCCCC1. The third kappa shape index (κ3) is 2.66. The summed E-state index contributed by atoms with van der Waals surface area (Å²) in [5.41, 5.74) is 0.805. The molecule has 104 valence electrons. The molecule has 1 aromatic heterocycles. The van der Waals surface area contributed by atoms with E-state index >= 15 is 0 Å². The average Bonchev–Trinajstić information content (AvgIpc) is 2.53. The summed E-state index contributed by atoms with van der Waals surface area (Å²) in [6.45, 7) is 1.47. The van der Waals surface area contributed by atoms with E-state index in [0.29, 0.717) is 5.75 Å². The topological polar surface area (TPSA) is 51.7 Å². The van der Waals surface area contributed by atoms with Gasteiger partial charge in [0.15, 0.2) is 5.75 Å². The van der Waals surface area contributed by atoms with E-state index in [9.17, 15) is 4.79 Å². The van der Waals surface area contributed by atoms with Crippen molar-refractivity contribution < 1.29 is 14.6 Å². The molecule has 0 bridgehead atoms. The number of piperidine rings is 1. The van der Waals surface area contributed by atoms with Gasteiger partial charge in [-0.05, 0) is 31.4 Å². The second kappa shape index (κ2) is 5.77. The van der Waals surface area contributed by atoms with E-state index in [-0.39, 0.29) is 0 Å². The van der Waals surface area contributed by atoms with Gasteiger partial charge in [-0.15, -0.1) is 0 Å². The lowest BCUT2D eigenvalue weighted by molar-refractivity contribution is -0.153. The summed E-state index contributed by atoms with van der Waals surface area (Å²) in [7, 11) is 0. The Morgan fingerprint density at radius 1 is 1.10 bits per heavy atom. The molecule has 1 aromatic carbocycles. The first-order valence-corrected chi connectivity index (χ1v) is 6.82. The number of carbonyl (C=O) groups is 1. The molecule has 1 saturated heterocycles. The zero-order chi connectivity index (χ0) is 13.8. The average molecular weight is 272 g/mol. The number of carbonyl (C=O) groups excluding carboxylic acids is 1. The molecule has 20 heavy (non-hydrogen) atoms. The zero-order valence-corrected chi connectivity index (χ0v) is 11.1. The van der Waals surface area contributed by atoms with Crippen LogP contribution in [-0.2, 0) is 4.89 Å². The van der Waals surface area contributed by atoms with Crippen LogP contribution in [-0.4, -0.2) is 29.1 Å². The van der Waals surface area contributed by atoms with E-state index in [2.05, 4.69) is 4.98 Å². The predicted octanol–water partition coefficient (Wildman–Crippen LogP) is 3.15. The molecule has 0 radical (unpaired) electrons. The van der Waals surface area contributed by atoms with Crippen LogP contribution in [0.4, 0.5) is 4.79 Å². The Hall–Kier alpha value is -2.30. The van der Waals surface area contributed by atoms with Crippen LogP contribution >= 0.6 is 0 Å². The summed E-state index contributed by atoms with van der Waals surface area (Å²) < 4.78 is 0. The smallest absolute Gasteiger partial charge is 0.305 e. The van der Waals surface area contributed by atoms with Crippen molar-refractivity contribution in [1.29, 1.82) is 0 Å². The van der Waals surface area contributed by atoms with Gasteiger partial charge in [-0.1, -0.05) is 12.1 Å². The molecule has 3 rings (SSSR count). The molecule has 5 nitrogen and oxygen atoms in total. The summed E-state index contributed by atoms with van der Waals surface area (Å²) >= 11 is 0. The van der Waals surface area contributed by atoms with Gasteiger partial charge in [0.25, 0.3) is 0 Å². The first-order valence-electron chi connectivity index (χ1n) is 6.82. The Balaban J connectivity index is 1.69. The highest BCUT2D eigenvalue weighted by molar-refractivity contribution is 5.84. The lowest BCUT2D eigenvalue weighted by Crippen LogP contribution is -2.36. The van der Waals surface area contributed by atoms with Crippen LogP contribution in [0.5, 0.6) is 5.75 Å². The van der Waals surface area contributed by atoms with E-state index in [4.69, 9.17) is 9.78 Å². The fourth-order valence-electron chi connectivity index (χ4n) is 2.35. The number of hydrogen-bond acceptors (Lipinski definition) is 4. The van der Waals surface area contributed by atoms with E-state index in [1.165, 1.54) is 6.42 Å². The van der Waals surface area contributed by atoms with Gasteiger partial charge in [-0.2, -0.15) is 0 Å². The first-order chi connectivity index (χ1) is 9.84. The van der Waals surface area contributed by atoms with Crippen molar-refractivity contribution in [3.63, 3.8) is 0 Å². The molecule has 1 aliphatic rings. The van der Waals surface area contributed by atoms with Gasteiger partial charge in [-0.3, -0.25) is 9.87 Å². The highest BCUT2D eigenvalue weighted by atomic mass is 17.2. The number of aromatic nitrogens is 1. The van der Waals surface area contributed by atoms with Crippen molar-refractivity contribution in [3.8, 4) is 5.75 Å². The van der Waals surface area contributed by atoms with Crippen LogP contribution in [0.15, 0.2) is 36.5 Å². The van der Waals surface area contributed by atoms with Crippen molar-refractivity contribution in [2.75, 3.05) is 13.1 Å². The monoisotopic (exact) mass is 272 g/mol. The number of pyridine rings is 1. The van der Waals surface area contributed by atoms with Crippen molar-refractivity contribution in [2.24, 2.45) is 0 Å². The first kappa shape index (κ1) is 12.7. The van der Waals surface area contributed by atoms with E-state index < -0.39 is 6.09 Å². The maximum Gasteiger partial charge on any atom is 0.452 e. The molecule has 1 aliphatic heterocycles. The molecule has 0 aliphatic carbocycles. The van der Waals surface area contributed by atoms with Crippen LogP contribution in [0, 0.1) is 0 Å². The third-order valence-corrected chi connectivity index (χ3v) is 3.43.